The topological polar surface area (TPSA) is 122 Å². The van der Waals surface area contributed by atoms with Gasteiger partial charge in [-0.25, -0.2) is 9.78 Å². The maximum Gasteiger partial charge on any atom is 0.404 e. The summed E-state index contributed by atoms with van der Waals surface area (Å²) in [6, 6.07) is 11.5. The van der Waals surface area contributed by atoms with Crippen molar-refractivity contribution >= 4 is 11.7 Å². The van der Waals surface area contributed by atoms with Crippen LogP contribution >= 0.6 is 0 Å². The zero-order valence-electron chi connectivity index (χ0n) is 17.9. The van der Waals surface area contributed by atoms with Crippen LogP contribution in [0.1, 0.15) is 44.0 Å². The number of nitrogens with zero attached hydrogens (tertiary/aromatic N) is 4. The number of methoxy groups -OCH3 is 2. The second-order valence-corrected chi connectivity index (χ2v) is 7.40. The monoisotopic (exact) mass is 423 g/mol. The minimum Gasteiger partial charge on any atom is -0.495 e. The van der Waals surface area contributed by atoms with Crippen molar-refractivity contribution in [3.05, 3.63) is 41.7 Å². The number of aromatic nitrogens is 3. The van der Waals surface area contributed by atoms with Crippen molar-refractivity contribution in [3.63, 3.8) is 0 Å². The van der Waals surface area contributed by atoms with Gasteiger partial charge in [-0.2, -0.15) is 9.78 Å². The van der Waals surface area contributed by atoms with Crippen LogP contribution in [0.5, 0.6) is 11.6 Å². The molecule has 0 unspecified atom stereocenters. The number of carbonyl (C=O) groups is 1. The number of rotatable bonds is 5. The zero-order chi connectivity index (χ0) is 22.5. The summed E-state index contributed by atoms with van der Waals surface area (Å²) in [6.45, 7) is 3.54. The maximum atomic E-state index is 9.70. The van der Waals surface area contributed by atoms with E-state index in [9.17, 15) is 4.79 Å². The second-order valence-electron chi connectivity index (χ2n) is 7.40. The van der Waals surface area contributed by atoms with Gasteiger partial charge in [-0.3, -0.25) is 0 Å². The largest absolute Gasteiger partial charge is 0.495 e. The van der Waals surface area contributed by atoms with Gasteiger partial charge >= 0.3 is 6.09 Å². The Morgan fingerprint density at radius 1 is 1.26 bits per heavy atom. The third-order valence-corrected chi connectivity index (χ3v) is 4.66. The van der Waals surface area contributed by atoms with Crippen LogP contribution in [0.3, 0.4) is 0 Å². The Labute approximate surface area is 180 Å². The van der Waals surface area contributed by atoms with Gasteiger partial charge in [0.1, 0.15) is 11.8 Å². The first kappa shape index (κ1) is 21.9. The molecule has 9 nitrogen and oxygen atoms in total. The van der Waals surface area contributed by atoms with Gasteiger partial charge < -0.3 is 19.9 Å². The zero-order valence-corrected chi connectivity index (χ0v) is 17.9. The molecule has 0 bridgehead atoms. The van der Waals surface area contributed by atoms with Crippen molar-refractivity contribution < 1.29 is 19.4 Å². The lowest BCUT2D eigenvalue weighted by atomic mass is 10.0. The standard InChI is InChI=1S/C18H16N4O2.C4H9NO2/c1-23-15-9-12(5-6-13(15)10-19)14-7-8-16(24-2)22-18(14)20-17(21-22)11-3-4-11;1-3(2)5-4(6)7/h5-9,11H,3-4H2,1-2H3;3,5H,1-2H3,(H,6,7). The third-order valence-electron chi connectivity index (χ3n) is 4.66. The predicted molar refractivity (Wildman–Crippen MR) is 115 cm³/mol. The van der Waals surface area contributed by atoms with Gasteiger partial charge in [0.2, 0.25) is 5.88 Å². The van der Waals surface area contributed by atoms with Gasteiger partial charge in [0.25, 0.3) is 0 Å². The molecule has 162 valence electrons. The van der Waals surface area contributed by atoms with E-state index in [0.717, 1.165) is 35.4 Å². The molecule has 0 radical (unpaired) electrons. The highest BCUT2D eigenvalue weighted by Gasteiger charge is 2.29. The predicted octanol–water partition coefficient (Wildman–Crippen LogP) is 3.82. The number of amides is 1. The molecule has 1 amide bonds. The molecule has 2 N–H and O–H groups in total. The van der Waals surface area contributed by atoms with E-state index in [2.05, 4.69) is 16.5 Å². The van der Waals surface area contributed by atoms with Crippen LogP contribution in [0.2, 0.25) is 0 Å². The fourth-order valence-electron chi connectivity index (χ4n) is 3.05. The van der Waals surface area contributed by atoms with E-state index in [4.69, 9.17) is 24.8 Å². The Balaban J connectivity index is 0.000000339. The van der Waals surface area contributed by atoms with E-state index in [1.807, 2.05) is 24.3 Å². The summed E-state index contributed by atoms with van der Waals surface area (Å²) < 4.78 is 12.5. The van der Waals surface area contributed by atoms with Gasteiger partial charge in [-0.15, -0.1) is 5.10 Å². The number of nitrogens with one attached hydrogen (secondary N) is 1. The lowest BCUT2D eigenvalue weighted by molar-refractivity contribution is 0.191. The van der Waals surface area contributed by atoms with E-state index in [1.165, 1.54) is 0 Å². The molecule has 0 saturated heterocycles. The molecule has 4 rings (SSSR count). The molecule has 1 aliphatic carbocycles. The minimum absolute atomic E-state index is 0.0255. The maximum absolute atomic E-state index is 9.70. The Hall–Kier alpha value is -3.80. The van der Waals surface area contributed by atoms with Crippen molar-refractivity contribution in [2.75, 3.05) is 14.2 Å². The molecule has 2 heterocycles. The number of pyridine rings is 1. The van der Waals surface area contributed by atoms with Crippen molar-refractivity contribution in [2.45, 2.75) is 38.6 Å². The normalized spacial score (nSPS) is 12.6. The molecule has 3 aromatic rings. The lowest BCUT2D eigenvalue weighted by Gasteiger charge is -2.09. The van der Waals surface area contributed by atoms with Crippen LogP contribution in [0.25, 0.3) is 16.8 Å². The Bertz CT molecular complexity index is 1130. The number of carboxylic acid groups (broad SMARTS) is 1. The number of fused-ring (bicyclic) bond motifs is 1. The van der Waals surface area contributed by atoms with E-state index >= 15 is 0 Å². The molecule has 1 aliphatic rings. The van der Waals surface area contributed by atoms with Crippen LogP contribution in [-0.4, -0.2) is 46.1 Å². The summed E-state index contributed by atoms with van der Waals surface area (Å²) >= 11 is 0. The molecule has 0 aliphatic heterocycles. The first-order chi connectivity index (χ1) is 14.9. The van der Waals surface area contributed by atoms with Crippen LogP contribution in [0, 0.1) is 11.3 Å². The number of ether oxygens (including phenoxy) is 2. The molecule has 0 spiro atoms. The summed E-state index contributed by atoms with van der Waals surface area (Å²) in [5, 5.41) is 23.9. The molecule has 31 heavy (non-hydrogen) atoms. The molecule has 1 saturated carbocycles. The van der Waals surface area contributed by atoms with Crippen LogP contribution in [-0.2, 0) is 0 Å². The van der Waals surface area contributed by atoms with E-state index < -0.39 is 6.09 Å². The van der Waals surface area contributed by atoms with Crippen molar-refractivity contribution in [1.82, 2.24) is 19.9 Å². The van der Waals surface area contributed by atoms with Gasteiger partial charge in [0, 0.05) is 23.6 Å². The third kappa shape index (κ3) is 5.04. The van der Waals surface area contributed by atoms with Gasteiger partial charge in [-0.1, -0.05) is 6.07 Å². The molecule has 9 heteroatoms. The average molecular weight is 423 g/mol. The van der Waals surface area contributed by atoms with Crippen molar-refractivity contribution in [1.29, 1.82) is 5.26 Å². The Morgan fingerprint density at radius 2 is 2.00 bits per heavy atom. The van der Waals surface area contributed by atoms with Crippen LogP contribution in [0.15, 0.2) is 30.3 Å². The highest BCUT2D eigenvalue weighted by molar-refractivity contribution is 5.79. The first-order valence-corrected chi connectivity index (χ1v) is 9.89. The quantitative estimate of drug-likeness (QED) is 0.639. The number of nitriles is 1. The Morgan fingerprint density at radius 3 is 2.52 bits per heavy atom. The van der Waals surface area contributed by atoms with Gasteiger partial charge in [0.05, 0.1) is 19.8 Å². The lowest BCUT2D eigenvalue weighted by Crippen LogP contribution is -2.27. The van der Waals surface area contributed by atoms with Gasteiger partial charge in [0.15, 0.2) is 11.5 Å². The molecular formula is C22H25N5O4. The fraction of sp³-hybridized carbons (Fsp3) is 0.364. The summed E-state index contributed by atoms with van der Waals surface area (Å²) in [5.74, 6) is 2.51. The van der Waals surface area contributed by atoms with Gasteiger partial charge in [-0.05, 0) is 50.5 Å². The van der Waals surface area contributed by atoms with Crippen LogP contribution in [0.4, 0.5) is 4.79 Å². The molecule has 2 aromatic heterocycles. The molecule has 0 atom stereocenters. The summed E-state index contributed by atoms with van der Waals surface area (Å²) in [5.41, 5.74) is 3.11. The number of hydrogen-bond acceptors (Lipinski definition) is 6. The number of benzene rings is 1. The van der Waals surface area contributed by atoms with E-state index in [1.54, 1.807) is 38.6 Å². The van der Waals surface area contributed by atoms with Crippen molar-refractivity contribution in [2.24, 2.45) is 0 Å². The fourth-order valence-corrected chi connectivity index (χ4v) is 3.05. The highest BCUT2D eigenvalue weighted by Crippen LogP contribution is 2.39. The summed E-state index contributed by atoms with van der Waals surface area (Å²) in [7, 11) is 3.18. The van der Waals surface area contributed by atoms with E-state index in [0.29, 0.717) is 23.1 Å². The molecular weight excluding hydrogens is 398 g/mol. The second kappa shape index (κ2) is 9.34. The van der Waals surface area contributed by atoms with E-state index in [-0.39, 0.29) is 6.04 Å². The van der Waals surface area contributed by atoms with Crippen LogP contribution < -0.4 is 14.8 Å². The average Bonchev–Trinajstić information content (AvgIpc) is 3.50. The van der Waals surface area contributed by atoms with Crippen molar-refractivity contribution in [3.8, 4) is 28.8 Å². The summed E-state index contributed by atoms with van der Waals surface area (Å²) in [6.07, 6.45) is 1.31. The molecule has 1 fully saturated rings. The highest BCUT2D eigenvalue weighted by atomic mass is 16.5. The smallest absolute Gasteiger partial charge is 0.404 e. The first-order valence-electron chi connectivity index (χ1n) is 9.89. The Kier molecular flexibility index (Phi) is 6.60. The molecule has 1 aromatic carbocycles. The minimum atomic E-state index is -0.963. The number of hydrogen-bond donors (Lipinski definition) is 2. The SMILES string of the molecule is CC(C)NC(=O)O.COc1cc(-c2ccc(OC)n3nc(C4CC4)nc23)ccc1C#N. The summed E-state index contributed by atoms with van der Waals surface area (Å²) in [4.78, 5) is 14.4.